The molecule has 2 fully saturated rings. The van der Waals surface area contributed by atoms with Crippen LogP contribution in [0, 0.1) is 0 Å². The normalized spacial score (nSPS) is 18.6. The quantitative estimate of drug-likeness (QED) is 0.788. The van der Waals surface area contributed by atoms with Gasteiger partial charge in [-0.2, -0.15) is 0 Å². The molecule has 1 N–H and O–H groups in total. The van der Waals surface area contributed by atoms with E-state index in [4.69, 9.17) is 14.2 Å². The summed E-state index contributed by atoms with van der Waals surface area (Å²) < 4.78 is 16.5. The molecule has 5 rings (SSSR count). The summed E-state index contributed by atoms with van der Waals surface area (Å²) in [5, 5.41) is 2.96. The third kappa shape index (κ3) is 4.43. The number of amides is 2. The Bertz CT molecular complexity index is 928. The van der Waals surface area contributed by atoms with Crippen LogP contribution in [-0.4, -0.2) is 86.6 Å². The fourth-order valence-corrected chi connectivity index (χ4v) is 3.94. The highest BCUT2D eigenvalue weighted by Gasteiger charge is 2.23. The van der Waals surface area contributed by atoms with E-state index in [9.17, 15) is 4.79 Å². The van der Waals surface area contributed by atoms with Gasteiger partial charge >= 0.3 is 6.03 Å². The first-order chi connectivity index (χ1) is 15.3. The first kappa shape index (κ1) is 19.7. The van der Waals surface area contributed by atoms with Crippen molar-refractivity contribution in [1.82, 2.24) is 14.9 Å². The Labute approximate surface area is 180 Å². The largest absolute Gasteiger partial charge is 0.486 e. The van der Waals surface area contributed by atoms with Crippen molar-refractivity contribution in [3.63, 3.8) is 0 Å². The lowest BCUT2D eigenvalue weighted by atomic mass is 10.2. The Hall–Kier alpha value is -3.27. The number of ether oxygens (including phenoxy) is 3. The summed E-state index contributed by atoms with van der Waals surface area (Å²) in [5.74, 6) is 3.18. The maximum Gasteiger partial charge on any atom is 0.321 e. The van der Waals surface area contributed by atoms with Crippen molar-refractivity contribution < 1.29 is 19.0 Å². The molecule has 1 aromatic carbocycles. The van der Waals surface area contributed by atoms with Crippen LogP contribution in [0.2, 0.25) is 0 Å². The number of carbonyl (C=O) groups is 1. The van der Waals surface area contributed by atoms with Gasteiger partial charge in [0.15, 0.2) is 11.5 Å². The van der Waals surface area contributed by atoms with Gasteiger partial charge in [0.05, 0.1) is 13.2 Å². The van der Waals surface area contributed by atoms with Crippen LogP contribution in [0.4, 0.5) is 22.1 Å². The lowest BCUT2D eigenvalue weighted by Crippen LogP contribution is -2.50. The fourth-order valence-electron chi connectivity index (χ4n) is 3.94. The minimum Gasteiger partial charge on any atom is -0.486 e. The molecule has 0 unspecified atom stereocenters. The molecule has 1 aromatic heterocycles. The van der Waals surface area contributed by atoms with Crippen LogP contribution in [-0.2, 0) is 4.74 Å². The van der Waals surface area contributed by atoms with Crippen molar-refractivity contribution in [3.8, 4) is 11.5 Å². The van der Waals surface area contributed by atoms with Crippen molar-refractivity contribution in [3.05, 3.63) is 30.6 Å². The Morgan fingerprint density at radius 1 is 0.806 bits per heavy atom. The number of morpholine rings is 1. The van der Waals surface area contributed by atoms with Gasteiger partial charge in [-0.05, 0) is 12.1 Å². The molecule has 3 aliphatic heterocycles. The van der Waals surface area contributed by atoms with Gasteiger partial charge in [0.2, 0.25) is 0 Å². The number of hydrogen-bond donors (Lipinski definition) is 1. The monoisotopic (exact) mass is 426 g/mol. The molecule has 0 saturated carbocycles. The lowest BCUT2D eigenvalue weighted by molar-refractivity contribution is 0.122. The standard InChI is InChI=1S/C21H26N6O4/c28-21(24-16-1-2-17-18(13-16)31-12-11-30-17)27-5-3-25(4-6-27)19-14-20(23-15-22-19)26-7-9-29-10-8-26/h1-2,13-15H,3-12H2,(H,24,28). The maximum absolute atomic E-state index is 12.7. The summed E-state index contributed by atoms with van der Waals surface area (Å²) in [6.07, 6.45) is 1.61. The number of urea groups is 1. The van der Waals surface area contributed by atoms with Crippen LogP contribution in [0.25, 0.3) is 0 Å². The lowest BCUT2D eigenvalue weighted by Gasteiger charge is -2.36. The molecule has 3 aliphatic rings. The number of piperazine rings is 1. The third-order valence-electron chi connectivity index (χ3n) is 5.66. The molecule has 2 saturated heterocycles. The molecule has 0 atom stereocenters. The van der Waals surface area contributed by atoms with E-state index in [-0.39, 0.29) is 6.03 Å². The molecular weight excluding hydrogens is 400 g/mol. The second kappa shape index (κ2) is 8.84. The van der Waals surface area contributed by atoms with Gasteiger partial charge in [0.1, 0.15) is 31.2 Å². The van der Waals surface area contributed by atoms with Gasteiger partial charge in [0, 0.05) is 57.1 Å². The fraction of sp³-hybridized carbons (Fsp3) is 0.476. The smallest absolute Gasteiger partial charge is 0.321 e. The number of aromatic nitrogens is 2. The van der Waals surface area contributed by atoms with Crippen molar-refractivity contribution in [1.29, 1.82) is 0 Å². The van der Waals surface area contributed by atoms with Crippen molar-refractivity contribution in [2.45, 2.75) is 0 Å². The number of fused-ring (bicyclic) bond motifs is 1. The number of anilines is 3. The minimum atomic E-state index is -0.118. The topological polar surface area (TPSA) is 92.3 Å². The third-order valence-corrected chi connectivity index (χ3v) is 5.66. The first-order valence-electron chi connectivity index (χ1n) is 10.6. The molecule has 31 heavy (non-hydrogen) atoms. The van der Waals surface area contributed by atoms with Crippen LogP contribution in [0.3, 0.4) is 0 Å². The van der Waals surface area contributed by atoms with E-state index in [1.807, 2.05) is 23.1 Å². The molecule has 0 radical (unpaired) electrons. The summed E-state index contributed by atoms with van der Waals surface area (Å²) in [4.78, 5) is 27.8. The zero-order valence-electron chi connectivity index (χ0n) is 17.3. The Morgan fingerprint density at radius 2 is 1.48 bits per heavy atom. The van der Waals surface area contributed by atoms with Crippen LogP contribution >= 0.6 is 0 Å². The number of benzene rings is 1. The molecule has 4 heterocycles. The number of carbonyl (C=O) groups excluding carboxylic acids is 1. The highest BCUT2D eigenvalue weighted by Crippen LogP contribution is 2.32. The predicted molar refractivity (Wildman–Crippen MR) is 115 cm³/mol. The Morgan fingerprint density at radius 3 is 2.23 bits per heavy atom. The molecule has 164 valence electrons. The highest BCUT2D eigenvalue weighted by molar-refractivity contribution is 5.90. The van der Waals surface area contributed by atoms with E-state index < -0.39 is 0 Å². The van der Waals surface area contributed by atoms with E-state index in [1.54, 1.807) is 12.4 Å². The van der Waals surface area contributed by atoms with Crippen molar-refractivity contribution in [2.24, 2.45) is 0 Å². The average molecular weight is 426 g/mol. The van der Waals surface area contributed by atoms with Crippen LogP contribution in [0.1, 0.15) is 0 Å². The summed E-state index contributed by atoms with van der Waals surface area (Å²) >= 11 is 0. The second-order valence-corrected chi connectivity index (χ2v) is 7.60. The SMILES string of the molecule is O=C(Nc1ccc2c(c1)OCCO2)N1CCN(c2cc(N3CCOCC3)ncn2)CC1. The van der Waals surface area contributed by atoms with Crippen LogP contribution in [0.5, 0.6) is 11.5 Å². The zero-order valence-corrected chi connectivity index (χ0v) is 17.3. The van der Waals surface area contributed by atoms with Crippen LogP contribution in [0.15, 0.2) is 30.6 Å². The summed E-state index contributed by atoms with van der Waals surface area (Å²) in [7, 11) is 0. The van der Waals surface area contributed by atoms with Gasteiger partial charge in [-0.25, -0.2) is 14.8 Å². The minimum absolute atomic E-state index is 0.118. The first-order valence-corrected chi connectivity index (χ1v) is 10.6. The van der Waals surface area contributed by atoms with Gasteiger partial charge < -0.3 is 34.2 Å². The highest BCUT2D eigenvalue weighted by atomic mass is 16.6. The molecule has 10 nitrogen and oxygen atoms in total. The Balaban J connectivity index is 1.17. The molecule has 0 aliphatic carbocycles. The molecule has 2 aromatic rings. The van der Waals surface area contributed by atoms with Crippen molar-refractivity contribution in [2.75, 3.05) is 80.8 Å². The zero-order chi connectivity index (χ0) is 21.0. The van der Waals surface area contributed by atoms with E-state index in [0.29, 0.717) is 56.6 Å². The van der Waals surface area contributed by atoms with E-state index >= 15 is 0 Å². The Kier molecular flexibility index (Phi) is 5.61. The van der Waals surface area contributed by atoms with Gasteiger partial charge in [-0.15, -0.1) is 0 Å². The van der Waals surface area contributed by atoms with E-state index in [2.05, 4.69) is 25.1 Å². The summed E-state index contributed by atoms with van der Waals surface area (Å²) in [5.41, 5.74) is 0.697. The van der Waals surface area contributed by atoms with Crippen molar-refractivity contribution >= 4 is 23.4 Å². The van der Waals surface area contributed by atoms with Gasteiger partial charge in [-0.3, -0.25) is 0 Å². The molecule has 2 amide bonds. The van der Waals surface area contributed by atoms with Gasteiger partial charge in [0.25, 0.3) is 0 Å². The number of hydrogen-bond acceptors (Lipinski definition) is 8. The van der Waals surface area contributed by atoms with Gasteiger partial charge in [-0.1, -0.05) is 0 Å². The molecule has 10 heteroatoms. The maximum atomic E-state index is 12.7. The molecule has 0 bridgehead atoms. The average Bonchev–Trinajstić information content (AvgIpc) is 2.85. The summed E-state index contributed by atoms with van der Waals surface area (Å²) in [6, 6.07) is 7.36. The van der Waals surface area contributed by atoms with Crippen LogP contribution < -0.4 is 24.6 Å². The second-order valence-electron chi connectivity index (χ2n) is 7.60. The predicted octanol–water partition coefficient (Wildman–Crippen LogP) is 1.44. The number of rotatable bonds is 3. The van der Waals surface area contributed by atoms with E-state index in [1.165, 1.54) is 0 Å². The number of nitrogens with one attached hydrogen (secondary N) is 1. The summed E-state index contributed by atoms with van der Waals surface area (Å²) in [6.45, 7) is 6.84. The number of nitrogens with zero attached hydrogens (tertiary/aromatic N) is 5. The molecular formula is C21H26N6O4. The molecule has 0 spiro atoms. The van der Waals surface area contributed by atoms with E-state index in [0.717, 1.165) is 37.9 Å².